The number of pyridine rings is 1. The molecule has 6 heteroatoms. The van der Waals surface area contributed by atoms with Crippen LogP contribution in [-0.2, 0) is 6.18 Å². The van der Waals surface area contributed by atoms with E-state index < -0.39 is 11.7 Å². The number of aromatic nitrogens is 1. The number of hydrogen-bond acceptors (Lipinski definition) is 3. The van der Waals surface area contributed by atoms with Gasteiger partial charge in [-0.25, -0.2) is 0 Å². The SMILES string of the molecule is COc1ccccc1Nc1ccnc2ccc(C(F)(F)F)cc12. The second kappa shape index (κ2) is 5.79. The Kier molecular flexibility index (Phi) is 3.82. The van der Waals surface area contributed by atoms with Gasteiger partial charge < -0.3 is 10.1 Å². The largest absolute Gasteiger partial charge is 0.495 e. The average Bonchev–Trinajstić information content (AvgIpc) is 2.54. The lowest BCUT2D eigenvalue weighted by molar-refractivity contribution is -0.137. The van der Waals surface area contributed by atoms with Crippen molar-refractivity contribution in [2.45, 2.75) is 6.18 Å². The first-order valence-electron chi connectivity index (χ1n) is 6.85. The number of rotatable bonds is 3. The van der Waals surface area contributed by atoms with Crippen LogP contribution in [0, 0.1) is 0 Å². The summed E-state index contributed by atoms with van der Waals surface area (Å²) in [6, 6.07) is 12.3. The first-order valence-corrected chi connectivity index (χ1v) is 6.85. The molecular formula is C17H13F3N2O. The van der Waals surface area contributed by atoms with Crippen molar-refractivity contribution in [3.05, 3.63) is 60.3 Å². The molecule has 0 fully saturated rings. The fourth-order valence-electron chi connectivity index (χ4n) is 2.32. The van der Waals surface area contributed by atoms with Crippen molar-refractivity contribution >= 4 is 22.3 Å². The van der Waals surface area contributed by atoms with Crippen LogP contribution in [0.25, 0.3) is 10.9 Å². The molecule has 3 rings (SSSR count). The van der Waals surface area contributed by atoms with Gasteiger partial charge in [0, 0.05) is 17.3 Å². The van der Waals surface area contributed by atoms with Gasteiger partial charge in [-0.05, 0) is 36.4 Å². The second-order valence-electron chi connectivity index (χ2n) is 4.91. The summed E-state index contributed by atoms with van der Waals surface area (Å²) in [5, 5.41) is 3.51. The molecule has 0 aliphatic rings. The van der Waals surface area contributed by atoms with Gasteiger partial charge in [-0.15, -0.1) is 0 Å². The average molecular weight is 318 g/mol. The number of anilines is 2. The van der Waals surface area contributed by atoms with Crippen molar-refractivity contribution in [2.24, 2.45) is 0 Å². The van der Waals surface area contributed by atoms with E-state index in [-0.39, 0.29) is 0 Å². The molecule has 118 valence electrons. The number of ether oxygens (including phenoxy) is 1. The summed E-state index contributed by atoms with van der Waals surface area (Å²) < 4.78 is 44.0. The van der Waals surface area contributed by atoms with E-state index in [4.69, 9.17) is 4.74 Å². The number of hydrogen-bond donors (Lipinski definition) is 1. The van der Waals surface area contributed by atoms with Crippen LogP contribution in [0.2, 0.25) is 0 Å². The number of benzene rings is 2. The van der Waals surface area contributed by atoms with Crippen LogP contribution in [0.1, 0.15) is 5.56 Å². The fraction of sp³-hybridized carbons (Fsp3) is 0.118. The molecule has 0 atom stereocenters. The van der Waals surface area contributed by atoms with Crippen LogP contribution in [-0.4, -0.2) is 12.1 Å². The lowest BCUT2D eigenvalue weighted by atomic mass is 10.1. The molecular weight excluding hydrogens is 305 g/mol. The van der Waals surface area contributed by atoms with E-state index >= 15 is 0 Å². The smallest absolute Gasteiger partial charge is 0.416 e. The van der Waals surface area contributed by atoms with E-state index in [9.17, 15) is 13.2 Å². The van der Waals surface area contributed by atoms with Crippen molar-refractivity contribution in [3.63, 3.8) is 0 Å². The molecule has 0 aliphatic heterocycles. The van der Waals surface area contributed by atoms with Gasteiger partial charge in [-0.1, -0.05) is 12.1 Å². The Hall–Kier alpha value is -2.76. The fourth-order valence-corrected chi connectivity index (χ4v) is 2.32. The van der Waals surface area contributed by atoms with Gasteiger partial charge in [-0.3, -0.25) is 4.98 Å². The lowest BCUT2D eigenvalue weighted by Crippen LogP contribution is -2.05. The summed E-state index contributed by atoms with van der Waals surface area (Å²) in [5.74, 6) is 0.601. The van der Waals surface area contributed by atoms with Crippen molar-refractivity contribution in [1.29, 1.82) is 0 Å². The molecule has 1 aromatic heterocycles. The van der Waals surface area contributed by atoms with Gasteiger partial charge in [0.25, 0.3) is 0 Å². The second-order valence-corrected chi connectivity index (χ2v) is 4.91. The summed E-state index contributed by atoms with van der Waals surface area (Å²) in [4.78, 5) is 4.11. The zero-order valence-corrected chi connectivity index (χ0v) is 12.2. The van der Waals surface area contributed by atoms with Gasteiger partial charge in [0.05, 0.1) is 23.9 Å². The highest BCUT2D eigenvalue weighted by molar-refractivity contribution is 5.93. The van der Waals surface area contributed by atoms with Crippen molar-refractivity contribution in [2.75, 3.05) is 12.4 Å². The first kappa shape index (κ1) is 15.1. The van der Waals surface area contributed by atoms with Crippen LogP contribution in [0.15, 0.2) is 54.7 Å². The number of para-hydroxylation sites is 2. The molecule has 0 saturated heterocycles. The molecule has 3 nitrogen and oxygen atoms in total. The van der Waals surface area contributed by atoms with E-state index in [0.29, 0.717) is 28.0 Å². The van der Waals surface area contributed by atoms with E-state index in [0.717, 1.165) is 12.1 Å². The van der Waals surface area contributed by atoms with Crippen molar-refractivity contribution < 1.29 is 17.9 Å². The van der Waals surface area contributed by atoms with Gasteiger partial charge in [0.1, 0.15) is 5.75 Å². The highest BCUT2D eigenvalue weighted by Crippen LogP contribution is 2.35. The normalized spacial score (nSPS) is 11.5. The third-order valence-corrected chi connectivity index (χ3v) is 3.45. The minimum Gasteiger partial charge on any atom is -0.495 e. The number of halogens is 3. The third kappa shape index (κ3) is 3.06. The standard InChI is InChI=1S/C17H13F3N2O/c1-23-16-5-3-2-4-15(16)22-14-8-9-21-13-7-6-11(10-12(13)14)17(18,19)20/h2-10H,1H3,(H,21,22). The molecule has 3 aromatic rings. The van der Waals surface area contributed by atoms with E-state index in [1.54, 1.807) is 24.4 Å². The highest BCUT2D eigenvalue weighted by Gasteiger charge is 2.30. The van der Waals surface area contributed by atoms with Crippen LogP contribution in [0.4, 0.5) is 24.5 Å². The predicted molar refractivity (Wildman–Crippen MR) is 83.0 cm³/mol. The molecule has 0 saturated carbocycles. The van der Waals surface area contributed by atoms with Crippen LogP contribution in [0.3, 0.4) is 0 Å². The topological polar surface area (TPSA) is 34.1 Å². The Morgan fingerprint density at radius 3 is 2.52 bits per heavy atom. The molecule has 0 amide bonds. The molecule has 0 unspecified atom stereocenters. The predicted octanol–water partition coefficient (Wildman–Crippen LogP) is 5.01. The van der Waals surface area contributed by atoms with Gasteiger partial charge in [0.15, 0.2) is 0 Å². The number of nitrogens with zero attached hydrogens (tertiary/aromatic N) is 1. The van der Waals surface area contributed by atoms with Crippen LogP contribution in [0.5, 0.6) is 5.75 Å². The Morgan fingerprint density at radius 2 is 1.78 bits per heavy atom. The zero-order valence-electron chi connectivity index (χ0n) is 12.2. The molecule has 1 heterocycles. The lowest BCUT2D eigenvalue weighted by Gasteiger charge is -2.14. The van der Waals surface area contributed by atoms with E-state index in [2.05, 4.69) is 10.3 Å². The molecule has 0 radical (unpaired) electrons. The number of alkyl halides is 3. The Morgan fingerprint density at radius 1 is 1.00 bits per heavy atom. The summed E-state index contributed by atoms with van der Waals surface area (Å²) in [7, 11) is 1.53. The summed E-state index contributed by atoms with van der Waals surface area (Å²) in [6.07, 6.45) is -2.85. The van der Waals surface area contributed by atoms with Gasteiger partial charge in [0.2, 0.25) is 0 Å². The van der Waals surface area contributed by atoms with Crippen molar-refractivity contribution in [1.82, 2.24) is 4.98 Å². The highest BCUT2D eigenvalue weighted by atomic mass is 19.4. The summed E-state index contributed by atoms with van der Waals surface area (Å²) in [5.41, 5.74) is 0.976. The van der Waals surface area contributed by atoms with Crippen molar-refractivity contribution in [3.8, 4) is 5.75 Å². The van der Waals surface area contributed by atoms with E-state index in [1.807, 2.05) is 12.1 Å². The molecule has 23 heavy (non-hydrogen) atoms. The minimum absolute atomic E-state index is 0.397. The van der Waals surface area contributed by atoms with Crippen LogP contribution >= 0.6 is 0 Å². The Balaban J connectivity index is 2.10. The van der Waals surface area contributed by atoms with Gasteiger partial charge in [-0.2, -0.15) is 13.2 Å². The van der Waals surface area contributed by atoms with Gasteiger partial charge >= 0.3 is 6.18 Å². The molecule has 0 spiro atoms. The Labute approximate surface area is 130 Å². The maximum Gasteiger partial charge on any atom is 0.416 e. The molecule has 1 N–H and O–H groups in total. The quantitative estimate of drug-likeness (QED) is 0.737. The number of methoxy groups -OCH3 is 1. The maximum atomic E-state index is 12.9. The monoisotopic (exact) mass is 318 g/mol. The Bertz CT molecular complexity index is 847. The minimum atomic E-state index is -4.40. The third-order valence-electron chi connectivity index (χ3n) is 3.45. The first-order chi connectivity index (χ1) is 11.0. The summed E-state index contributed by atoms with van der Waals surface area (Å²) >= 11 is 0. The van der Waals surface area contributed by atoms with Crippen LogP contribution < -0.4 is 10.1 Å². The molecule has 2 aromatic carbocycles. The maximum absolute atomic E-state index is 12.9. The number of fused-ring (bicyclic) bond motifs is 1. The van der Waals surface area contributed by atoms with E-state index in [1.165, 1.54) is 13.2 Å². The zero-order chi connectivity index (χ0) is 16.4. The number of nitrogens with one attached hydrogen (secondary N) is 1. The molecule has 0 bridgehead atoms. The summed E-state index contributed by atoms with van der Waals surface area (Å²) in [6.45, 7) is 0. The molecule has 0 aliphatic carbocycles.